The molecule has 0 radical (unpaired) electrons. The minimum atomic E-state index is -4.45. The summed E-state index contributed by atoms with van der Waals surface area (Å²) in [6.45, 7) is 0. The molecule has 0 unspecified atom stereocenters. The van der Waals surface area contributed by atoms with Gasteiger partial charge in [0, 0.05) is 18.8 Å². The van der Waals surface area contributed by atoms with Gasteiger partial charge in [-0.25, -0.2) is 0 Å². The Labute approximate surface area is 78.3 Å². The van der Waals surface area contributed by atoms with E-state index < -0.39 is 11.7 Å². The Morgan fingerprint density at radius 3 is 2.64 bits per heavy atom. The molecule has 0 atom stereocenters. The number of pyridine rings is 1. The molecule has 0 bridgehead atoms. The normalized spacial score (nSPS) is 11.4. The van der Waals surface area contributed by atoms with Gasteiger partial charge in [-0.2, -0.15) is 13.2 Å². The van der Waals surface area contributed by atoms with Gasteiger partial charge < -0.3 is 5.73 Å². The largest absolute Gasteiger partial charge is 0.418 e. The first-order valence-corrected chi connectivity index (χ1v) is 3.74. The highest BCUT2D eigenvalue weighted by Gasteiger charge is 2.33. The number of aromatic nitrogens is 1. The van der Waals surface area contributed by atoms with Gasteiger partial charge in [-0.3, -0.25) is 10.4 Å². The van der Waals surface area contributed by atoms with Crippen molar-refractivity contribution in [3.63, 3.8) is 0 Å². The molecule has 0 aliphatic heterocycles. The molecule has 0 saturated heterocycles. The summed E-state index contributed by atoms with van der Waals surface area (Å²) in [5, 5.41) is 6.92. The molecule has 0 spiro atoms. The van der Waals surface area contributed by atoms with Gasteiger partial charge in [0.15, 0.2) is 0 Å². The number of nitrogens with one attached hydrogen (secondary N) is 1. The summed E-state index contributed by atoms with van der Waals surface area (Å²) in [5.41, 5.74) is 4.17. The Bertz CT molecular complexity index is 346. The predicted molar refractivity (Wildman–Crippen MR) is 44.9 cm³/mol. The highest BCUT2D eigenvalue weighted by molar-refractivity contribution is 5.79. The molecule has 6 heteroatoms. The predicted octanol–water partition coefficient (Wildman–Crippen LogP) is 1.58. The minimum Gasteiger partial charge on any atom is -0.387 e. The Morgan fingerprint density at radius 1 is 1.50 bits per heavy atom. The van der Waals surface area contributed by atoms with Crippen LogP contribution in [0.5, 0.6) is 0 Å². The summed E-state index contributed by atoms with van der Waals surface area (Å²) in [5.74, 6) is -0.304. The minimum absolute atomic E-state index is 0.0278. The lowest BCUT2D eigenvalue weighted by Gasteiger charge is -2.10. The van der Waals surface area contributed by atoms with Crippen molar-refractivity contribution in [2.24, 2.45) is 5.73 Å². The summed E-state index contributed by atoms with van der Waals surface area (Å²) in [6, 6.07) is 1.21. The molecule has 0 amide bonds. The van der Waals surface area contributed by atoms with Crippen LogP contribution in [0.4, 0.5) is 13.2 Å². The first-order valence-electron chi connectivity index (χ1n) is 3.74. The second kappa shape index (κ2) is 3.65. The van der Waals surface area contributed by atoms with Crippen molar-refractivity contribution in [1.82, 2.24) is 4.98 Å². The van der Waals surface area contributed by atoms with E-state index in [9.17, 15) is 13.2 Å². The first-order chi connectivity index (χ1) is 6.41. The number of hydrogen-bond acceptors (Lipinski definition) is 2. The van der Waals surface area contributed by atoms with Gasteiger partial charge in [0.2, 0.25) is 0 Å². The van der Waals surface area contributed by atoms with Gasteiger partial charge >= 0.3 is 6.18 Å². The molecule has 1 aromatic rings. The average Bonchev–Trinajstić information content (AvgIpc) is 2.01. The van der Waals surface area contributed by atoms with Crippen molar-refractivity contribution in [2.45, 2.75) is 12.6 Å². The molecule has 14 heavy (non-hydrogen) atoms. The molecule has 0 saturated carbocycles. The van der Waals surface area contributed by atoms with Crippen molar-refractivity contribution in [2.75, 3.05) is 0 Å². The van der Waals surface area contributed by atoms with Crippen LogP contribution in [-0.4, -0.2) is 10.8 Å². The summed E-state index contributed by atoms with van der Waals surface area (Å²) in [4.78, 5) is 3.39. The molecular formula is C8H8F3N3. The van der Waals surface area contributed by atoms with E-state index in [-0.39, 0.29) is 17.8 Å². The van der Waals surface area contributed by atoms with Crippen LogP contribution in [0.3, 0.4) is 0 Å². The summed E-state index contributed by atoms with van der Waals surface area (Å²) < 4.78 is 37.0. The van der Waals surface area contributed by atoms with E-state index in [1.54, 1.807) is 0 Å². The lowest BCUT2D eigenvalue weighted by Crippen LogP contribution is -2.17. The van der Waals surface area contributed by atoms with Crippen LogP contribution in [0.15, 0.2) is 18.5 Å². The van der Waals surface area contributed by atoms with Crippen LogP contribution in [0, 0.1) is 5.41 Å². The maximum absolute atomic E-state index is 12.3. The fourth-order valence-corrected chi connectivity index (χ4v) is 1.04. The van der Waals surface area contributed by atoms with Crippen LogP contribution in [0.1, 0.15) is 11.1 Å². The number of nitrogens with zero attached hydrogens (tertiary/aromatic N) is 1. The Hall–Kier alpha value is -1.59. The van der Waals surface area contributed by atoms with Crippen molar-refractivity contribution in [3.05, 3.63) is 29.6 Å². The van der Waals surface area contributed by atoms with E-state index >= 15 is 0 Å². The van der Waals surface area contributed by atoms with Gasteiger partial charge in [-0.15, -0.1) is 0 Å². The standard InChI is InChI=1S/C8H8F3N3/c9-8(10,11)6-4-14-2-1-5(6)3-7(12)13/h1-2,4H,3H2,(H3,12,13). The zero-order chi connectivity index (χ0) is 10.8. The summed E-state index contributed by atoms with van der Waals surface area (Å²) >= 11 is 0. The molecule has 0 aromatic carbocycles. The number of hydrogen-bond donors (Lipinski definition) is 2. The first kappa shape index (κ1) is 10.5. The zero-order valence-corrected chi connectivity index (χ0v) is 7.10. The highest BCUT2D eigenvalue weighted by Crippen LogP contribution is 2.31. The van der Waals surface area contributed by atoms with Crippen molar-refractivity contribution < 1.29 is 13.2 Å². The Morgan fingerprint density at radius 2 is 2.14 bits per heavy atom. The molecule has 1 heterocycles. The van der Waals surface area contributed by atoms with E-state index in [2.05, 4.69) is 4.98 Å². The molecule has 1 rings (SSSR count). The van der Waals surface area contributed by atoms with E-state index in [1.165, 1.54) is 12.3 Å². The fraction of sp³-hybridized carbons (Fsp3) is 0.250. The van der Waals surface area contributed by atoms with Crippen LogP contribution in [0.25, 0.3) is 0 Å². The van der Waals surface area contributed by atoms with Crippen LogP contribution < -0.4 is 5.73 Å². The van der Waals surface area contributed by atoms with Gasteiger partial charge in [-0.05, 0) is 11.6 Å². The number of halogens is 3. The molecule has 0 fully saturated rings. The van der Waals surface area contributed by atoms with E-state index in [1.807, 2.05) is 0 Å². The monoisotopic (exact) mass is 203 g/mol. The van der Waals surface area contributed by atoms with Gasteiger partial charge in [0.05, 0.1) is 11.4 Å². The van der Waals surface area contributed by atoms with E-state index in [0.717, 1.165) is 6.20 Å². The third-order valence-electron chi connectivity index (χ3n) is 1.60. The topological polar surface area (TPSA) is 62.8 Å². The maximum atomic E-state index is 12.3. The Balaban J connectivity index is 3.10. The smallest absolute Gasteiger partial charge is 0.387 e. The maximum Gasteiger partial charge on any atom is 0.418 e. The van der Waals surface area contributed by atoms with Crippen LogP contribution in [0.2, 0.25) is 0 Å². The molecule has 76 valence electrons. The van der Waals surface area contributed by atoms with Crippen molar-refractivity contribution in [1.29, 1.82) is 5.41 Å². The molecule has 3 nitrogen and oxygen atoms in total. The van der Waals surface area contributed by atoms with Gasteiger partial charge in [-0.1, -0.05) is 0 Å². The van der Waals surface area contributed by atoms with Crippen molar-refractivity contribution >= 4 is 5.84 Å². The quantitative estimate of drug-likeness (QED) is 0.566. The summed E-state index contributed by atoms with van der Waals surface area (Å²) in [7, 11) is 0. The number of rotatable bonds is 2. The van der Waals surface area contributed by atoms with Crippen LogP contribution in [-0.2, 0) is 12.6 Å². The van der Waals surface area contributed by atoms with Gasteiger partial charge in [0.1, 0.15) is 0 Å². The SMILES string of the molecule is N=C(N)Cc1ccncc1C(F)(F)F. The zero-order valence-electron chi connectivity index (χ0n) is 7.10. The number of alkyl halides is 3. The second-order valence-corrected chi connectivity index (χ2v) is 2.73. The highest BCUT2D eigenvalue weighted by atomic mass is 19.4. The van der Waals surface area contributed by atoms with Gasteiger partial charge in [0.25, 0.3) is 0 Å². The molecule has 0 aliphatic rings. The summed E-state index contributed by atoms with van der Waals surface area (Å²) in [6.07, 6.45) is -2.68. The Kier molecular flexibility index (Phi) is 2.73. The lowest BCUT2D eigenvalue weighted by molar-refractivity contribution is -0.138. The third kappa shape index (κ3) is 2.45. The van der Waals surface area contributed by atoms with Crippen LogP contribution >= 0.6 is 0 Å². The number of amidine groups is 1. The second-order valence-electron chi connectivity index (χ2n) is 2.73. The third-order valence-corrected chi connectivity index (χ3v) is 1.60. The van der Waals surface area contributed by atoms with E-state index in [4.69, 9.17) is 11.1 Å². The van der Waals surface area contributed by atoms with Crippen molar-refractivity contribution in [3.8, 4) is 0 Å². The fourth-order valence-electron chi connectivity index (χ4n) is 1.04. The molecule has 3 N–H and O–H groups in total. The molecule has 0 aliphatic carbocycles. The lowest BCUT2D eigenvalue weighted by atomic mass is 10.1. The average molecular weight is 203 g/mol. The molecular weight excluding hydrogens is 195 g/mol. The number of nitrogens with two attached hydrogens (primary N) is 1. The van der Waals surface area contributed by atoms with E-state index in [0.29, 0.717) is 0 Å². The molecule has 1 aromatic heterocycles.